The third-order valence-electron chi connectivity index (χ3n) is 6.84. The zero-order chi connectivity index (χ0) is 27.4. The molecule has 3 aromatic rings. The number of halogens is 1. The van der Waals surface area contributed by atoms with Crippen LogP contribution < -0.4 is 4.74 Å². The Morgan fingerprint density at radius 2 is 1.87 bits per heavy atom. The maximum atomic E-state index is 13.6. The number of nitrogens with zero attached hydrogens (tertiary/aromatic N) is 3. The summed E-state index contributed by atoms with van der Waals surface area (Å²) < 4.78 is 19.8. The topological polar surface area (TPSA) is 103 Å². The van der Waals surface area contributed by atoms with Crippen molar-refractivity contribution in [3.63, 3.8) is 0 Å². The number of pyridine rings is 1. The molecule has 0 aliphatic carbocycles. The van der Waals surface area contributed by atoms with Gasteiger partial charge in [0.05, 0.1) is 18.2 Å². The van der Waals surface area contributed by atoms with Gasteiger partial charge in [-0.1, -0.05) is 31.2 Å². The molecular formula is C29H32FN3O5. The van der Waals surface area contributed by atoms with Crippen molar-refractivity contribution in [1.82, 2.24) is 14.8 Å². The average molecular weight is 522 g/mol. The van der Waals surface area contributed by atoms with E-state index < -0.39 is 12.0 Å². The van der Waals surface area contributed by atoms with E-state index in [-0.39, 0.29) is 47.4 Å². The van der Waals surface area contributed by atoms with Gasteiger partial charge in [0.15, 0.2) is 0 Å². The van der Waals surface area contributed by atoms with Gasteiger partial charge in [-0.15, -0.1) is 0 Å². The van der Waals surface area contributed by atoms with E-state index in [4.69, 9.17) is 9.84 Å². The molecule has 0 spiro atoms. The average Bonchev–Trinajstić information content (AvgIpc) is 2.90. The Morgan fingerprint density at radius 1 is 1.18 bits per heavy atom. The summed E-state index contributed by atoms with van der Waals surface area (Å²) in [6.45, 7) is 5.10. The van der Waals surface area contributed by atoms with Crippen LogP contribution in [0.1, 0.15) is 40.1 Å². The monoisotopic (exact) mass is 521 g/mol. The highest BCUT2D eigenvalue weighted by molar-refractivity contribution is 5.98. The van der Waals surface area contributed by atoms with Crippen LogP contribution in [0, 0.1) is 11.7 Å². The number of likely N-dealkylation sites (N-methyl/N-ethyl adjacent to an activating group) is 1. The van der Waals surface area contributed by atoms with Crippen LogP contribution >= 0.6 is 0 Å². The van der Waals surface area contributed by atoms with Crippen LogP contribution in [0.15, 0.2) is 60.8 Å². The number of fused-ring (bicyclic) bond motifs is 1. The molecular weight excluding hydrogens is 489 g/mol. The Kier molecular flexibility index (Phi) is 8.38. The molecule has 4 rings (SSSR count). The van der Waals surface area contributed by atoms with Gasteiger partial charge in [-0.3, -0.25) is 9.69 Å². The van der Waals surface area contributed by atoms with Crippen LogP contribution in [-0.2, 0) is 6.54 Å². The second kappa shape index (κ2) is 11.7. The van der Waals surface area contributed by atoms with Crippen LogP contribution in [0.5, 0.6) is 5.88 Å². The molecule has 0 radical (unpaired) electrons. The summed E-state index contributed by atoms with van der Waals surface area (Å²) in [6, 6.07) is 14.0. The summed E-state index contributed by atoms with van der Waals surface area (Å²) in [5.41, 5.74) is 2.86. The van der Waals surface area contributed by atoms with E-state index in [2.05, 4.69) is 9.88 Å². The molecule has 0 unspecified atom stereocenters. The van der Waals surface area contributed by atoms with E-state index in [0.29, 0.717) is 25.2 Å². The summed E-state index contributed by atoms with van der Waals surface area (Å²) in [5, 5.41) is 19.0. The molecule has 38 heavy (non-hydrogen) atoms. The first-order valence-corrected chi connectivity index (χ1v) is 12.5. The van der Waals surface area contributed by atoms with Crippen molar-refractivity contribution in [1.29, 1.82) is 0 Å². The van der Waals surface area contributed by atoms with Crippen LogP contribution in [0.25, 0.3) is 11.1 Å². The van der Waals surface area contributed by atoms with Gasteiger partial charge in [-0.2, -0.15) is 0 Å². The minimum atomic E-state index is -0.966. The van der Waals surface area contributed by atoms with Gasteiger partial charge in [0, 0.05) is 37.3 Å². The molecule has 0 fully saturated rings. The molecule has 2 N–H and O–H groups in total. The highest BCUT2D eigenvalue weighted by atomic mass is 19.1. The van der Waals surface area contributed by atoms with E-state index in [0.717, 1.165) is 11.1 Å². The number of carbonyl (C=O) groups excluding carboxylic acids is 1. The molecule has 1 aliphatic heterocycles. The highest BCUT2D eigenvalue weighted by Crippen LogP contribution is 2.30. The Bertz CT molecular complexity index is 1280. The van der Waals surface area contributed by atoms with Crippen LogP contribution in [-0.4, -0.2) is 75.8 Å². The van der Waals surface area contributed by atoms with Gasteiger partial charge < -0.3 is 19.8 Å². The van der Waals surface area contributed by atoms with Crippen LogP contribution in [0.4, 0.5) is 4.39 Å². The molecule has 1 amide bonds. The Balaban J connectivity index is 1.61. The number of benzene rings is 2. The fraction of sp³-hybridized carbons (Fsp3) is 0.345. The summed E-state index contributed by atoms with van der Waals surface area (Å²) in [4.78, 5) is 33.0. The maximum Gasteiger partial charge on any atom is 0.335 e. The summed E-state index contributed by atoms with van der Waals surface area (Å²) >= 11 is 0. The molecule has 9 heteroatoms. The van der Waals surface area contributed by atoms with Crippen molar-refractivity contribution in [2.75, 3.05) is 26.7 Å². The first-order chi connectivity index (χ1) is 18.2. The van der Waals surface area contributed by atoms with E-state index in [1.807, 2.05) is 14.0 Å². The lowest BCUT2D eigenvalue weighted by Crippen LogP contribution is -2.49. The second-order valence-electron chi connectivity index (χ2n) is 9.91. The molecule has 3 atom stereocenters. The minimum absolute atomic E-state index is 0.0727. The van der Waals surface area contributed by atoms with Crippen molar-refractivity contribution in [2.24, 2.45) is 5.92 Å². The lowest BCUT2D eigenvalue weighted by Gasteiger charge is -2.37. The zero-order valence-corrected chi connectivity index (χ0v) is 21.7. The number of carboxylic acids is 1. The van der Waals surface area contributed by atoms with Gasteiger partial charge in [0.1, 0.15) is 17.5 Å². The third-order valence-corrected chi connectivity index (χ3v) is 6.84. The molecule has 2 aromatic carbocycles. The molecule has 0 saturated carbocycles. The lowest BCUT2D eigenvalue weighted by atomic mass is 9.99. The molecule has 200 valence electrons. The minimum Gasteiger partial charge on any atom is -0.478 e. The standard InChI is InChI=1S/C29H32FN3O5/c1-18-14-33(19(2)17-34)28(35)25-12-23(21-8-10-24(30)11-9-21)13-31-27(25)38-26(18)16-32(3)15-20-4-6-22(7-5-20)29(36)37/h4-13,18-19,26,34H,14-17H2,1-3H3,(H,36,37)/t18-,19+,26+/m0/s1. The van der Waals surface area contributed by atoms with E-state index >= 15 is 0 Å². The third kappa shape index (κ3) is 6.17. The van der Waals surface area contributed by atoms with Gasteiger partial charge in [0.2, 0.25) is 5.88 Å². The van der Waals surface area contributed by atoms with Crippen LogP contribution in [0.2, 0.25) is 0 Å². The first kappa shape index (κ1) is 27.2. The molecule has 1 aliphatic rings. The molecule has 8 nitrogen and oxygen atoms in total. The molecule has 1 aromatic heterocycles. The fourth-order valence-electron chi connectivity index (χ4n) is 4.56. The zero-order valence-electron chi connectivity index (χ0n) is 21.7. The molecule has 0 bridgehead atoms. The number of ether oxygens (including phenoxy) is 1. The predicted octanol–water partition coefficient (Wildman–Crippen LogP) is 3.94. The van der Waals surface area contributed by atoms with E-state index in [1.165, 1.54) is 12.1 Å². The molecule has 2 heterocycles. The SMILES string of the molecule is C[C@H](CO)N1C[C@H](C)[C@@H](CN(C)Cc2ccc(C(=O)O)cc2)Oc2ncc(-c3ccc(F)cc3)cc2C1=O. The highest BCUT2D eigenvalue weighted by Gasteiger charge is 2.34. The normalized spacial score (nSPS) is 18.4. The number of aromatic carboxylic acids is 1. The van der Waals surface area contributed by atoms with Crippen LogP contribution in [0.3, 0.4) is 0 Å². The fourth-order valence-corrected chi connectivity index (χ4v) is 4.56. The number of aliphatic hydroxyl groups is 1. The van der Waals surface area contributed by atoms with E-state index in [9.17, 15) is 19.1 Å². The Morgan fingerprint density at radius 3 is 2.50 bits per heavy atom. The van der Waals surface area contributed by atoms with Crippen molar-refractivity contribution in [3.8, 4) is 17.0 Å². The number of rotatable bonds is 8. The first-order valence-electron chi connectivity index (χ1n) is 12.5. The van der Waals surface area contributed by atoms with E-state index in [1.54, 1.807) is 60.5 Å². The van der Waals surface area contributed by atoms with Crippen molar-refractivity contribution in [2.45, 2.75) is 32.5 Å². The number of aromatic nitrogens is 1. The summed E-state index contributed by atoms with van der Waals surface area (Å²) in [5.74, 6) is -1.46. The second-order valence-corrected chi connectivity index (χ2v) is 9.91. The number of hydrogen-bond acceptors (Lipinski definition) is 6. The van der Waals surface area contributed by atoms with Crippen molar-refractivity contribution in [3.05, 3.63) is 83.3 Å². The summed E-state index contributed by atoms with van der Waals surface area (Å²) in [7, 11) is 1.95. The number of carbonyl (C=O) groups is 2. The van der Waals surface area contributed by atoms with Gasteiger partial charge in [-0.05, 0) is 55.4 Å². The largest absolute Gasteiger partial charge is 0.478 e. The summed E-state index contributed by atoms with van der Waals surface area (Å²) in [6.07, 6.45) is 1.29. The Hall–Kier alpha value is -3.82. The number of amides is 1. The lowest BCUT2D eigenvalue weighted by molar-refractivity contribution is 0.0325. The van der Waals surface area contributed by atoms with Crippen molar-refractivity contribution < 1.29 is 28.9 Å². The molecule has 0 saturated heterocycles. The Labute approximate surface area is 221 Å². The number of carboxylic acid groups (broad SMARTS) is 1. The number of aliphatic hydroxyl groups excluding tert-OH is 1. The van der Waals surface area contributed by atoms with Gasteiger partial charge >= 0.3 is 5.97 Å². The predicted molar refractivity (Wildman–Crippen MR) is 141 cm³/mol. The van der Waals surface area contributed by atoms with Gasteiger partial charge in [-0.25, -0.2) is 14.2 Å². The maximum absolute atomic E-state index is 13.6. The smallest absolute Gasteiger partial charge is 0.335 e. The van der Waals surface area contributed by atoms with Crippen molar-refractivity contribution >= 4 is 11.9 Å². The quantitative estimate of drug-likeness (QED) is 0.463. The number of hydrogen-bond donors (Lipinski definition) is 2. The van der Waals surface area contributed by atoms with Gasteiger partial charge in [0.25, 0.3) is 5.91 Å².